The van der Waals surface area contributed by atoms with Gasteiger partial charge in [0.2, 0.25) is 0 Å². The van der Waals surface area contributed by atoms with Crippen LogP contribution in [0.5, 0.6) is 0 Å². The molecule has 4 rings (SSSR count). The van der Waals surface area contributed by atoms with Crippen LogP contribution in [0.25, 0.3) is 0 Å². The lowest BCUT2D eigenvalue weighted by Gasteiger charge is -2.40. The lowest BCUT2D eigenvalue weighted by atomic mass is 9.63. The van der Waals surface area contributed by atoms with Crippen molar-refractivity contribution in [2.24, 2.45) is 23.7 Å². The first-order valence-corrected chi connectivity index (χ1v) is 4.90. The van der Waals surface area contributed by atoms with Gasteiger partial charge in [-0.3, -0.25) is 4.79 Å². The molecule has 1 nitrogen and oxygen atoms in total. The van der Waals surface area contributed by atoms with Crippen LogP contribution in [0.2, 0.25) is 0 Å². The zero-order valence-electron chi connectivity index (χ0n) is 6.75. The molecule has 0 spiro atoms. The molecule has 0 radical (unpaired) electrons. The Bertz CT molecular complexity index is 209. The Balaban J connectivity index is 2.02. The van der Waals surface area contributed by atoms with Gasteiger partial charge in [0, 0.05) is 11.8 Å². The van der Waals surface area contributed by atoms with Gasteiger partial charge in [-0.1, -0.05) is 0 Å². The van der Waals surface area contributed by atoms with Gasteiger partial charge in [-0.25, -0.2) is 0 Å². The van der Waals surface area contributed by atoms with E-state index >= 15 is 0 Å². The van der Waals surface area contributed by atoms with Crippen molar-refractivity contribution >= 4 is 5.78 Å². The van der Waals surface area contributed by atoms with Crippen LogP contribution < -0.4 is 0 Å². The van der Waals surface area contributed by atoms with Crippen LogP contribution in [0.1, 0.15) is 32.1 Å². The largest absolute Gasteiger partial charge is 0.299 e. The van der Waals surface area contributed by atoms with Crippen LogP contribution in [0.3, 0.4) is 0 Å². The number of carbonyl (C=O) groups excluding carboxylic acids is 1. The fourth-order valence-electron chi connectivity index (χ4n) is 3.67. The van der Waals surface area contributed by atoms with E-state index in [-0.39, 0.29) is 0 Å². The summed E-state index contributed by atoms with van der Waals surface area (Å²) < 4.78 is 0. The van der Waals surface area contributed by atoms with Crippen molar-refractivity contribution in [2.75, 3.05) is 0 Å². The summed E-state index contributed by atoms with van der Waals surface area (Å²) >= 11 is 0. The second kappa shape index (κ2) is 1.88. The van der Waals surface area contributed by atoms with Gasteiger partial charge in [-0.05, 0) is 43.9 Å². The van der Waals surface area contributed by atoms with E-state index in [0.29, 0.717) is 17.6 Å². The van der Waals surface area contributed by atoms with Crippen molar-refractivity contribution in [3.05, 3.63) is 0 Å². The Labute approximate surface area is 67.2 Å². The second-order valence-corrected chi connectivity index (χ2v) is 4.52. The van der Waals surface area contributed by atoms with Crippen LogP contribution in [0.15, 0.2) is 0 Å². The van der Waals surface area contributed by atoms with Crippen molar-refractivity contribution < 1.29 is 4.79 Å². The fraction of sp³-hybridized carbons (Fsp3) is 0.900. The third kappa shape index (κ3) is 0.646. The summed E-state index contributed by atoms with van der Waals surface area (Å²) in [6.07, 6.45) is 6.42. The van der Waals surface area contributed by atoms with Gasteiger partial charge < -0.3 is 0 Å². The molecule has 60 valence electrons. The number of hydrogen-bond donors (Lipinski definition) is 0. The predicted octanol–water partition coefficient (Wildman–Crippen LogP) is 2.01. The van der Waals surface area contributed by atoms with Crippen LogP contribution in [0, 0.1) is 23.7 Å². The van der Waals surface area contributed by atoms with E-state index in [1.54, 1.807) is 0 Å². The molecule has 4 bridgehead atoms. The summed E-state index contributed by atoms with van der Waals surface area (Å²) in [4.78, 5) is 11.6. The van der Waals surface area contributed by atoms with E-state index in [4.69, 9.17) is 0 Å². The predicted molar refractivity (Wildman–Crippen MR) is 42.1 cm³/mol. The maximum atomic E-state index is 11.6. The number of carbonyl (C=O) groups is 1. The van der Waals surface area contributed by atoms with Gasteiger partial charge >= 0.3 is 0 Å². The van der Waals surface area contributed by atoms with Crippen molar-refractivity contribution in [1.82, 2.24) is 0 Å². The smallest absolute Gasteiger partial charge is 0.139 e. The van der Waals surface area contributed by atoms with Gasteiger partial charge in [0.1, 0.15) is 5.78 Å². The molecule has 0 amide bonds. The Morgan fingerprint density at radius 2 is 2.00 bits per heavy atom. The second-order valence-electron chi connectivity index (χ2n) is 4.52. The molecule has 4 saturated carbocycles. The summed E-state index contributed by atoms with van der Waals surface area (Å²) in [6.45, 7) is 0. The number of fused-ring (bicyclic) bond motifs is 1. The van der Waals surface area contributed by atoms with Gasteiger partial charge in [-0.15, -0.1) is 0 Å². The average molecular weight is 150 g/mol. The molecule has 4 atom stereocenters. The van der Waals surface area contributed by atoms with Gasteiger partial charge in [0.05, 0.1) is 0 Å². The van der Waals surface area contributed by atoms with Gasteiger partial charge in [0.15, 0.2) is 0 Å². The molecular formula is C10H14O. The zero-order chi connectivity index (χ0) is 7.42. The van der Waals surface area contributed by atoms with Crippen molar-refractivity contribution in [1.29, 1.82) is 0 Å². The molecule has 0 aromatic heterocycles. The highest BCUT2D eigenvalue weighted by molar-refractivity contribution is 5.85. The Morgan fingerprint density at radius 1 is 1.09 bits per heavy atom. The lowest BCUT2D eigenvalue weighted by molar-refractivity contribution is -0.135. The molecule has 4 aliphatic carbocycles. The molecule has 0 aromatic carbocycles. The van der Waals surface area contributed by atoms with Gasteiger partial charge in [-0.2, -0.15) is 0 Å². The first-order valence-electron chi connectivity index (χ1n) is 4.90. The summed E-state index contributed by atoms with van der Waals surface area (Å²) in [5, 5.41) is 0. The minimum atomic E-state index is 0.498. The molecule has 4 fully saturated rings. The molecule has 0 heterocycles. The normalized spacial score (nSPS) is 53.6. The summed E-state index contributed by atoms with van der Waals surface area (Å²) in [7, 11) is 0. The minimum Gasteiger partial charge on any atom is -0.299 e. The van der Waals surface area contributed by atoms with E-state index < -0.39 is 0 Å². The third-order valence-electron chi connectivity index (χ3n) is 4.17. The van der Waals surface area contributed by atoms with E-state index in [2.05, 4.69) is 0 Å². The maximum absolute atomic E-state index is 11.6. The highest BCUT2D eigenvalue weighted by atomic mass is 16.1. The zero-order valence-corrected chi connectivity index (χ0v) is 6.75. The first kappa shape index (κ1) is 6.22. The molecule has 0 aliphatic heterocycles. The Morgan fingerprint density at radius 3 is 2.82 bits per heavy atom. The molecule has 0 aromatic rings. The van der Waals surface area contributed by atoms with Crippen molar-refractivity contribution in [3.63, 3.8) is 0 Å². The quantitative estimate of drug-likeness (QED) is 0.516. The van der Waals surface area contributed by atoms with Crippen LogP contribution >= 0.6 is 0 Å². The molecule has 4 unspecified atom stereocenters. The lowest BCUT2D eigenvalue weighted by Crippen LogP contribution is -2.40. The molecule has 0 saturated heterocycles. The van der Waals surface area contributed by atoms with Crippen molar-refractivity contribution in [3.8, 4) is 0 Å². The van der Waals surface area contributed by atoms with E-state index in [1.165, 1.54) is 32.1 Å². The van der Waals surface area contributed by atoms with Crippen molar-refractivity contribution in [2.45, 2.75) is 32.1 Å². The number of hydrogen-bond acceptors (Lipinski definition) is 1. The molecule has 11 heavy (non-hydrogen) atoms. The summed E-state index contributed by atoms with van der Waals surface area (Å²) in [6, 6.07) is 0. The maximum Gasteiger partial charge on any atom is 0.139 e. The summed E-state index contributed by atoms with van der Waals surface area (Å²) in [5.74, 6) is 3.43. The third-order valence-corrected chi connectivity index (χ3v) is 4.17. The van der Waals surface area contributed by atoms with Crippen LogP contribution in [0.4, 0.5) is 0 Å². The topological polar surface area (TPSA) is 17.1 Å². The SMILES string of the molecule is O=C1C2CCC3C(CCC13)C2. The molecule has 4 aliphatic rings. The fourth-order valence-corrected chi connectivity index (χ4v) is 3.67. The van der Waals surface area contributed by atoms with Crippen LogP contribution in [-0.4, -0.2) is 5.78 Å². The number of ketones is 1. The first-order chi connectivity index (χ1) is 5.36. The average Bonchev–Trinajstić information content (AvgIpc) is 2.39. The molecule has 1 heteroatoms. The number of rotatable bonds is 0. The van der Waals surface area contributed by atoms with Gasteiger partial charge in [0.25, 0.3) is 0 Å². The standard InChI is InChI=1S/C10H14O/c11-10-7-2-3-8-6(5-7)1-4-9(8)10/h6-9H,1-5H2. The highest BCUT2D eigenvalue weighted by Gasteiger charge is 2.51. The van der Waals surface area contributed by atoms with E-state index in [1.807, 2.05) is 0 Å². The Hall–Kier alpha value is -0.330. The Kier molecular flexibility index (Phi) is 1.06. The minimum absolute atomic E-state index is 0.498. The highest BCUT2D eigenvalue weighted by Crippen LogP contribution is 2.54. The molecular weight excluding hydrogens is 136 g/mol. The number of Topliss-reactive ketones (excluding diaryl/α,β-unsaturated/α-hetero) is 1. The van der Waals surface area contributed by atoms with Crippen LogP contribution in [-0.2, 0) is 4.79 Å². The monoisotopic (exact) mass is 150 g/mol. The van der Waals surface area contributed by atoms with E-state index in [9.17, 15) is 4.79 Å². The summed E-state index contributed by atoms with van der Waals surface area (Å²) in [5.41, 5.74) is 0. The van der Waals surface area contributed by atoms with E-state index in [0.717, 1.165) is 11.8 Å². The molecule has 0 N–H and O–H groups in total.